The van der Waals surface area contributed by atoms with E-state index in [9.17, 15) is 12.8 Å². The summed E-state index contributed by atoms with van der Waals surface area (Å²) in [6.45, 7) is 0.0329. The molecule has 7 nitrogen and oxygen atoms in total. The van der Waals surface area contributed by atoms with Crippen LogP contribution in [0.2, 0.25) is 0 Å². The van der Waals surface area contributed by atoms with Gasteiger partial charge in [-0.05, 0) is 29.8 Å². The van der Waals surface area contributed by atoms with Gasteiger partial charge >= 0.3 is 0 Å². The van der Waals surface area contributed by atoms with E-state index in [0.29, 0.717) is 22.3 Å². The summed E-state index contributed by atoms with van der Waals surface area (Å²) in [4.78, 5) is 0. The molecule has 3 aromatic rings. The van der Waals surface area contributed by atoms with Gasteiger partial charge in [-0.15, -0.1) is 5.10 Å². The first-order valence-electron chi connectivity index (χ1n) is 6.64. The highest BCUT2D eigenvalue weighted by Crippen LogP contribution is 2.23. The number of nitrogens with one attached hydrogen (secondary N) is 1. The number of hydrogen-bond acceptors (Lipinski definition) is 5. The predicted octanol–water partition coefficient (Wildman–Crippen LogP) is 1.18. The first-order valence-corrected chi connectivity index (χ1v) is 7.82. The molecule has 0 saturated carbocycles. The van der Waals surface area contributed by atoms with Gasteiger partial charge in [0.15, 0.2) is 0 Å². The maximum Gasteiger partial charge on any atom is 0.201 e. The van der Waals surface area contributed by atoms with Gasteiger partial charge in [0.2, 0.25) is 10.9 Å². The Bertz CT molecular complexity index is 931. The zero-order chi connectivity index (χ0) is 16.4. The molecule has 0 aliphatic heterocycles. The number of methoxy groups -OCH3 is 1. The molecular formula is C14H13FN4O3S. The fraction of sp³-hybridized carbons (Fsp3) is 0.143. The Balaban J connectivity index is 1.98. The first kappa shape index (κ1) is 15.4. The molecule has 0 radical (unpaired) electrons. The summed E-state index contributed by atoms with van der Waals surface area (Å²) in [7, 11) is -1.17. The highest BCUT2D eigenvalue weighted by atomic mass is 32.2. The van der Waals surface area contributed by atoms with Crippen LogP contribution in [0.1, 0.15) is 5.56 Å². The predicted molar refractivity (Wildman–Crippen MR) is 82.5 cm³/mol. The molecule has 1 aromatic heterocycles. The van der Waals surface area contributed by atoms with Crippen molar-refractivity contribution in [1.82, 2.24) is 19.7 Å². The Morgan fingerprint density at radius 1 is 1.26 bits per heavy atom. The third-order valence-corrected chi connectivity index (χ3v) is 3.72. The third kappa shape index (κ3) is 3.15. The van der Waals surface area contributed by atoms with E-state index in [4.69, 9.17) is 4.74 Å². The standard InChI is InChI=1S/C14H13FN4O3S/c1-22-10-3-5-14-12(7-10)17-18-19(14)13-4-2-9(6-11(13)15)8-16-23(20)21/h2-7,23H,8H2,1H3,(H,16,20,21). The van der Waals surface area contributed by atoms with Crippen LogP contribution < -0.4 is 9.46 Å². The molecule has 1 heterocycles. The van der Waals surface area contributed by atoms with E-state index in [1.54, 1.807) is 31.4 Å². The minimum absolute atomic E-state index is 0.0329. The van der Waals surface area contributed by atoms with E-state index < -0.39 is 16.7 Å². The molecule has 0 fully saturated rings. The van der Waals surface area contributed by atoms with Gasteiger partial charge in [0, 0.05) is 12.6 Å². The monoisotopic (exact) mass is 336 g/mol. The summed E-state index contributed by atoms with van der Waals surface area (Å²) < 4.78 is 44.1. The second-order valence-corrected chi connectivity index (χ2v) is 5.56. The van der Waals surface area contributed by atoms with Crippen molar-refractivity contribution in [3.05, 3.63) is 47.8 Å². The van der Waals surface area contributed by atoms with Crippen LogP contribution in [-0.2, 0) is 17.4 Å². The van der Waals surface area contributed by atoms with E-state index in [-0.39, 0.29) is 12.2 Å². The number of ether oxygens (including phenoxy) is 1. The molecule has 0 aliphatic rings. The zero-order valence-electron chi connectivity index (χ0n) is 12.1. The quantitative estimate of drug-likeness (QED) is 0.684. The molecule has 0 atom stereocenters. The van der Waals surface area contributed by atoms with Gasteiger partial charge in [0.05, 0.1) is 12.6 Å². The highest BCUT2D eigenvalue weighted by molar-refractivity contribution is 7.70. The van der Waals surface area contributed by atoms with Crippen molar-refractivity contribution in [3.63, 3.8) is 0 Å². The Morgan fingerprint density at radius 2 is 2.09 bits per heavy atom. The fourth-order valence-electron chi connectivity index (χ4n) is 2.20. The molecule has 1 N–H and O–H groups in total. The lowest BCUT2D eigenvalue weighted by Crippen LogP contribution is -2.11. The molecule has 9 heteroatoms. The van der Waals surface area contributed by atoms with Crippen molar-refractivity contribution in [2.24, 2.45) is 0 Å². The molecule has 2 aromatic carbocycles. The van der Waals surface area contributed by atoms with E-state index in [1.807, 2.05) is 0 Å². The van der Waals surface area contributed by atoms with Gasteiger partial charge in [-0.3, -0.25) is 0 Å². The van der Waals surface area contributed by atoms with Crippen LogP contribution in [-0.4, -0.2) is 30.5 Å². The molecule has 0 aliphatic carbocycles. The number of fused-ring (bicyclic) bond motifs is 1. The van der Waals surface area contributed by atoms with Gasteiger partial charge < -0.3 is 4.74 Å². The maximum absolute atomic E-state index is 14.3. The number of aromatic nitrogens is 3. The summed E-state index contributed by atoms with van der Waals surface area (Å²) in [5.41, 5.74) is 1.96. The van der Waals surface area contributed by atoms with Crippen LogP contribution in [0.4, 0.5) is 4.39 Å². The van der Waals surface area contributed by atoms with E-state index in [1.165, 1.54) is 16.8 Å². The maximum atomic E-state index is 14.3. The zero-order valence-corrected chi connectivity index (χ0v) is 13.0. The number of thiol groups is 1. The van der Waals surface area contributed by atoms with Crippen molar-refractivity contribution in [3.8, 4) is 11.4 Å². The lowest BCUT2D eigenvalue weighted by atomic mass is 10.2. The van der Waals surface area contributed by atoms with Crippen molar-refractivity contribution in [2.45, 2.75) is 6.54 Å². The molecule has 0 unspecified atom stereocenters. The fourth-order valence-corrected chi connectivity index (χ4v) is 2.51. The minimum Gasteiger partial charge on any atom is -0.497 e. The molecule has 0 spiro atoms. The molecule has 0 saturated heterocycles. The van der Waals surface area contributed by atoms with Crippen molar-refractivity contribution < 1.29 is 17.5 Å². The highest BCUT2D eigenvalue weighted by Gasteiger charge is 2.12. The summed E-state index contributed by atoms with van der Waals surface area (Å²) in [5.74, 6) is 0.117. The smallest absolute Gasteiger partial charge is 0.201 e. The minimum atomic E-state index is -2.72. The summed E-state index contributed by atoms with van der Waals surface area (Å²) in [5, 5.41) is 7.96. The second-order valence-electron chi connectivity index (χ2n) is 4.73. The van der Waals surface area contributed by atoms with Gasteiger partial charge in [0.25, 0.3) is 0 Å². The van der Waals surface area contributed by atoms with Crippen molar-refractivity contribution >= 4 is 21.9 Å². The van der Waals surface area contributed by atoms with Crippen molar-refractivity contribution in [2.75, 3.05) is 7.11 Å². The topological polar surface area (TPSA) is 86.1 Å². The lowest BCUT2D eigenvalue weighted by Gasteiger charge is -2.06. The van der Waals surface area contributed by atoms with Gasteiger partial charge in [0.1, 0.15) is 22.8 Å². The average molecular weight is 336 g/mol. The first-order chi connectivity index (χ1) is 11.1. The second kappa shape index (κ2) is 6.31. The third-order valence-electron chi connectivity index (χ3n) is 3.31. The summed E-state index contributed by atoms with van der Waals surface area (Å²) in [6, 6.07) is 9.61. The van der Waals surface area contributed by atoms with Crippen LogP contribution in [0.25, 0.3) is 16.7 Å². The van der Waals surface area contributed by atoms with Crippen LogP contribution in [0.5, 0.6) is 5.75 Å². The molecule has 120 valence electrons. The van der Waals surface area contributed by atoms with Crippen LogP contribution in [0, 0.1) is 5.82 Å². The van der Waals surface area contributed by atoms with Crippen LogP contribution in [0.15, 0.2) is 36.4 Å². The lowest BCUT2D eigenvalue weighted by molar-refractivity contribution is 0.415. The Labute approximate surface area is 132 Å². The largest absolute Gasteiger partial charge is 0.497 e. The Kier molecular flexibility index (Phi) is 4.22. The van der Waals surface area contributed by atoms with Gasteiger partial charge in [-0.1, -0.05) is 11.3 Å². The van der Waals surface area contributed by atoms with Crippen LogP contribution in [0.3, 0.4) is 0 Å². The normalized spacial score (nSPS) is 11.3. The van der Waals surface area contributed by atoms with E-state index >= 15 is 0 Å². The Hall–Kier alpha value is -2.52. The molecule has 23 heavy (non-hydrogen) atoms. The Morgan fingerprint density at radius 3 is 2.78 bits per heavy atom. The number of nitrogens with zero attached hydrogens (tertiary/aromatic N) is 3. The number of halogens is 1. The average Bonchev–Trinajstić information content (AvgIpc) is 2.95. The SMILES string of the molecule is COc1ccc2c(c1)nnn2-c1ccc(CN[SH](=O)=O)cc1F. The van der Waals surface area contributed by atoms with Gasteiger partial charge in [-0.25, -0.2) is 22.2 Å². The molecule has 3 rings (SSSR count). The summed E-state index contributed by atoms with van der Waals surface area (Å²) >= 11 is 0. The van der Waals surface area contributed by atoms with E-state index in [2.05, 4.69) is 15.0 Å². The van der Waals surface area contributed by atoms with E-state index in [0.717, 1.165) is 0 Å². The molecular weight excluding hydrogens is 323 g/mol. The van der Waals surface area contributed by atoms with Gasteiger partial charge in [-0.2, -0.15) is 0 Å². The molecule has 0 bridgehead atoms. The van der Waals surface area contributed by atoms with Crippen molar-refractivity contribution in [1.29, 1.82) is 0 Å². The number of rotatable bonds is 5. The number of benzene rings is 2. The molecule has 0 amide bonds. The number of hydrogen-bond donors (Lipinski definition) is 2. The van der Waals surface area contributed by atoms with Crippen LogP contribution >= 0.6 is 0 Å². The summed E-state index contributed by atoms with van der Waals surface area (Å²) in [6.07, 6.45) is 0.